The third kappa shape index (κ3) is 6.34. The molecule has 0 amide bonds. The van der Waals surface area contributed by atoms with E-state index in [-0.39, 0.29) is 43.7 Å². The molecule has 2 N–H and O–H groups in total. The van der Waals surface area contributed by atoms with Crippen LogP contribution in [0.2, 0.25) is 0 Å². The Morgan fingerprint density at radius 3 is 2.22 bits per heavy atom. The standard InChI is InChI=1S/C22H18F8N4O3/c23-15-3-1-11(2-4-15)17-19(36-6-5-34(17)10-16-31-20(35)33-32-16)37-18(24)12-7-13(21(25,26)27)9-14(8-12)22(28,29)30/h1-4,7-9,17-19H,5-6,10H2,(H2,31,32,33,35). The molecule has 1 aliphatic heterocycles. The van der Waals surface area contributed by atoms with Crippen molar-refractivity contribution in [2.45, 2.75) is 37.6 Å². The normalized spacial score (nSPS) is 20.2. The Hall–Kier alpha value is -3.30. The minimum Gasteiger partial charge on any atom is -0.349 e. The number of alkyl halides is 7. The number of hydrogen-bond donors (Lipinski definition) is 2. The number of aromatic amines is 2. The van der Waals surface area contributed by atoms with E-state index in [0.717, 1.165) is 12.1 Å². The number of aromatic nitrogens is 3. The van der Waals surface area contributed by atoms with Crippen LogP contribution in [-0.4, -0.2) is 39.5 Å². The summed E-state index contributed by atoms with van der Waals surface area (Å²) >= 11 is 0. The molecule has 200 valence electrons. The maximum atomic E-state index is 15.2. The molecule has 15 heteroatoms. The van der Waals surface area contributed by atoms with Crippen molar-refractivity contribution in [3.63, 3.8) is 0 Å². The Balaban J connectivity index is 1.66. The van der Waals surface area contributed by atoms with Gasteiger partial charge in [0.05, 0.1) is 30.3 Å². The zero-order chi connectivity index (χ0) is 27.0. The lowest BCUT2D eigenvalue weighted by Crippen LogP contribution is -2.46. The molecule has 2 heterocycles. The number of H-pyrrole nitrogens is 2. The number of halogens is 8. The Morgan fingerprint density at radius 2 is 1.68 bits per heavy atom. The second-order valence-corrected chi connectivity index (χ2v) is 8.12. The van der Waals surface area contributed by atoms with Gasteiger partial charge in [-0.15, -0.1) is 0 Å². The van der Waals surface area contributed by atoms with E-state index in [9.17, 15) is 35.5 Å². The quantitative estimate of drug-likeness (QED) is 0.439. The zero-order valence-corrected chi connectivity index (χ0v) is 18.5. The van der Waals surface area contributed by atoms with Gasteiger partial charge in [-0.3, -0.25) is 9.88 Å². The molecule has 3 atom stereocenters. The molecule has 4 rings (SSSR count). The first-order chi connectivity index (χ1) is 17.3. The fourth-order valence-corrected chi connectivity index (χ4v) is 3.89. The molecule has 0 radical (unpaired) electrons. The summed E-state index contributed by atoms with van der Waals surface area (Å²) in [7, 11) is 0. The molecule has 1 aromatic heterocycles. The molecule has 3 aromatic rings. The van der Waals surface area contributed by atoms with Gasteiger partial charge in [-0.1, -0.05) is 12.1 Å². The van der Waals surface area contributed by atoms with Crippen molar-refractivity contribution in [2.24, 2.45) is 0 Å². The van der Waals surface area contributed by atoms with Gasteiger partial charge < -0.3 is 9.47 Å². The second kappa shape index (κ2) is 10.2. The van der Waals surface area contributed by atoms with Gasteiger partial charge in [-0.05, 0) is 35.9 Å². The van der Waals surface area contributed by atoms with Crippen molar-refractivity contribution < 1.29 is 44.6 Å². The van der Waals surface area contributed by atoms with Gasteiger partial charge in [-0.2, -0.15) is 31.4 Å². The lowest BCUT2D eigenvalue weighted by atomic mass is 10.0. The van der Waals surface area contributed by atoms with E-state index < -0.39 is 59.2 Å². The molecule has 0 saturated carbocycles. The predicted molar refractivity (Wildman–Crippen MR) is 110 cm³/mol. The van der Waals surface area contributed by atoms with Gasteiger partial charge in [0.15, 0.2) is 6.29 Å². The van der Waals surface area contributed by atoms with Crippen molar-refractivity contribution in [3.05, 3.63) is 86.8 Å². The van der Waals surface area contributed by atoms with Crippen LogP contribution in [-0.2, 0) is 28.4 Å². The molecule has 1 saturated heterocycles. The summed E-state index contributed by atoms with van der Waals surface area (Å²) < 4.78 is 119. The molecule has 0 spiro atoms. The van der Waals surface area contributed by atoms with Crippen molar-refractivity contribution in [1.82, 2.24) is 20.1 Å². The zero-order valence-electron chi connectivity index (χ0n) is 18.5. The maximum Gasteiger partial charge on any atom is 0.416 e. The monoisotopic (exact) mass is 538 g/mol. The molecule has 37 heavy (non-hydrogen) atoms. The van der Waals surface area contributed by atoms with E-state index in [1.165, 1.54) is 12.1 Å². The predicted octanol–water partition coefficient (Wildman–Crippen LogP) is 4.86. The smallest absolute Gasteiger partial charge is 0.349 e. The molecule has 1 fully saturated rings. The average molecular weight is 538 g/mol. The van der Waals surface area contributed by atoms with Crippen LogP contribution in [0.5, 0.6) is 0 Å². The average Bonchev–Trinajstić information content (AvgIpc) is 3.23. The molecular weight excluding hydrogens is 520 g/mol. The van der Waals surface area contributed by atoms with Gasteiger partial charge in [0, 0.05) is 12.1 Å². The van der Waals surface area contributed by atoms with E-state index in [0.29, 0.717) is 5.56 Å². The van der Waals surface area contributed by atoms with E-state index in [2.05, 4.69) is 15.2 Å². The van der Waals surface area contributed by atoms with Gasteiger partial charge in [0.2, 0.25) is 6.36 Å². The molecule has 2 aromatic carbocycles. The lowest BCUT2D eigenvalue weighted by Gasteiger charge is -2.41. The highest BCUT2D eigenvalue weighted by molar-refractivity contribution is 5.34. The minimum atomic E-state index is -5.18. The summed E-state index contributed by atoms with van der Waals surface area (Å²) in [6, 6.07) is 4.20. The summed E-state index contributed by atoms with van der Waals surface area (Å²) in [4.78, 5) is 15.4. The highest BCUT2D eigenvalue weighted by Crippen LogP contribution is 2.40. The number of nitrogens with one attached hydrogen (secondary N) is 2. The first kappa shape index (κ1) is 26.8. The third-order valence-electron chi connectivity index (χ3n) is 5.55. The first-order valence-corrected chi connectivity index (χ1v) is 10.6. The highest BCUT2D eigenvalue weighted by atomic mass is 19.4. The van der Waals surface area contributed by atoms with Crippen LogP contribution in [0.4, 0.5) is 35.1 Å². The Kier molecular flexibility index (Phi) is 7.39. The summed E-state index contributed by atoms with van der Waals surface area (Å²) in [6.45, 7) is 0.0956. The third-order valence-corrected chi connectivity index (χ3v) is 5.55. The van der Waals surface area contributed by atoms with Crippen molar-refractivity contribution >= 4 is 0 Å². The fourth-order valence-electron chi connectivity index (χ4n) is 3.89. The van der Waals surface area contributed by atoms with Crippen LogP contribution < -0.4 is 5.69 Å². The van der Waals surface area contributed by atoms with Crippen LogP contribution >= 0.6 is 0 Å². The number of morpholine rings is 1. The van der Waals surface area contributed by atoms with Crippen LogP contribution in [0.15, 0.2) is 47.3 Å². The Morgan fingerprint density at radius 1 is 1.05 bits per heavy atom. The van der Waals surface area contributed by atoms with E-state index in [4.69, 9.17) is 9.47 Å². The van der Waals surface area contributed by atoms with Gasteiger partial charge in [0.25, 0.3) is 0 Å². The molecule has 0 aliphatic carbocycles. The van der Waals surface area contributed by atoms with Crippen LogP contribution in [0.1, 0.15) is 40.5 Å². The van der Waals surface area contributed by atoms with Crippen molar-refractivity contribution in [2.75, 3.05) is 13.2 Å². The highest BCUT2D eigenvalue weighted by Gasteiger charge is 2.40. The number of rotatable bonds is 6. The maximum absolute atomic E-state index is 15.2. The first-order valence-electron chi connectivity index (χ1n) is 10.6. The van der Waals surface area contributed by atoms with Crippen LogP contribution in [0.25, 0.3) is 0 Å². The number of hydrogen-bond acceptors (Lipinski definition) is 5. The fraction of sp³-hybridized carbons (Fsp3) is 0.364. The Bertz CT molecular complexity index is 1240. The lowest BCUT2D eigenvalue weighted by molar-refractivity contribution is -0.257. The molecule has 1 aliphatic rings. The summed E-state index contributed by atoms with van der Waals surface area (Å²) in [5, 5.41) is 5.96. The van der Waals surface area contributed by atoms with Gasteiger partial charge >= 0.3 is 18.0 Å². The SMILES string of the molecule is O=c1[nH]nc(CN2CCOC(OC(F)c3cc(C(F)(F)F)cc(C(F)(F)F)c3)C2c2ccc(F)cc2)[nH]1. The molecule has 0 bridgehead atoms. The summed E-state index contributed by atoms with van der Waals surface area (Å²) in [5.74, 6) is -0.407. The Labute approximate surface area is 203 Å². The summed E-state index contributed by atoms with van der Waals surface area (Å²) in [5.41, 5.74) is -4.67. The molecule has 3 unspecified atom stereocenters. The van der Waals surface area contributed by atoms with Crippen LogP contribution in [0.3, 0.4) is 0 Å². The topological polar surface area (TPSA) is 83.2 Å². The number of benzene rings is 2. The van der Waals surface area contributed by atoms with Crippen LogP contribution in [0, 0.1) is 5.82 Å². The molecule has 7 nitrogen and oxygen atoms in total. The molecular formula is C22H18F8N4O3. The number of ether oxygens (including phenoxy) is 2. The largest absolute Gasteiger partial charge is 0.416 e. The summed E-state index contributed by atoms with van der Waals surface area (Å²) in [6.07, 6.45) is -14.6. The van der Waals surface area contributed by atoms with E-state index in [1.807, 2.05) is 0 Å². The van der Waals surface area contributed by atoms with Crippen molar-refractivity contribution in [3.8, 4) is 0 Å². The minimum absolute atomic E-state index is 0.0251. The second-order valence-electron chi connectivity index (χ2n) is 8.12. The van der Waals surface area contributed by atoms with E-state index in [1.54, 1.807) is 4.90 Å². The van der Waals surface area contributed by atoms with Crippen molar-refractivity contribution in [1.29, 1.82) is 0 Å². The van der Waals surface area contributed by atoms with E-state index >= 15 is 4.39 Å². The van der Waals surface area contributed by atoms with Gasteiger partial charge in [-0.25, -0.2) is 18.7 Å². The van der Waals surface area contributed by atoms with Gasteiger partial charge in [0.1, 0.15) is 11.6 Å². The number of nitrogens with zero attached hydrogens (tertiary/aromatic N) is 2.